The average Bonchev–Trinajstić information content (AvgIpc) is 4.04. The van der Waals surface area contributed by atoms with Gasteiger partial charge in [-0.3, -0.25) is 0 Å². The maximum Gasteiger partial charge on any atom is 0.164 e. The van der Waals surface area contributed by atoms with Crippen molar-refractivity contribution in [3.05, 3.63) is 199 Å². The Bertz CT molecular complexity index is 3720. The third kappa shape index (κ3) is 5.11. The van der Waals surface area contributed by atoms with Crippen molar-refractivity contribution in [3.63, 3.8) is 0 Å². The second-order valence-corrected chi connectivity index (χ2v) is 17.9. The van der Waals surface area contributed by atoms with Crippen molar-refractivity contribution in [3.8, 4) is 56.7 Å². The zero-order valence-corrected chi connectivity index (χ0v) is 34.9. The highest BCUT2D eigenvalue weighted by Crippen LogP contribution is 2.49. The molecular formula is C56H37N5S. The van der Waals surface area contributed by atoms with Crippen molar-refractivity contribution in [2.75, 3.05) is 0 Å². The molecule has 0 bridgehead atoms. The minimum Gasteiger partial charge on any atom is -0.316 e. The van der Waals surface area contributed by atoms with Crippen LogP contribution in [0.2, 0.25) is 0 Å². The molecule has 12 aromatic rings. The van der Waals surface area contributed by atoms with E-state index in [9.17, 15) is 0 Å². The lowest BCUT2D eigenvalue weighted by molar-refractivity contribution is 0.629. The number of rotatable bonds is 5. The van der Waals surface area contributed by atoms with E-state index >= 15 is 0 Å². The van der Waals surface area contributed by atoms with Crippen LogP contribution in [0.1, 0.15) is 25.0 Å². The Balaban J connectivity index is 1.08. The van der Waals surface area contributed by atoms with Gasteiger partial charge in [0, 0.05) is 76.0 Å². The predicted octanol–water partition coefficient (Wildman–Crippen LogP) is 14.6. The summed E-state index contributed by atoms with van der Waals surface area (Å²) >= 11 is 1.88. The standard InChI is InChI=1S/C56H37N5S/c1-56(2)45-24-10-11-25-48(45)60-30-29-42-50-44(33-46(56)51(42)60)43-32-36(39-22-14-23-41-40-21-9-12-26-49(40)62-52(39)41)27-28-47(43)61(50)38-20-13-19-37(31-38)55-58-53(34-15-5-3-6-16-34)57-54(59-55)35-17-7-4-8-18-35/h3-33H,1-2H3. The Hall–Kier alpha value is -7.67. The second kappa shape index (κ2) is 13.2. The van der Waals surface area contributed by atoms with E-state index in [0.717, 1.165) is 27.9 Å². The van der Waals surface area contributed by atoms with E-state index in [1.54, 1.807) is 0 Å². The molecule has 1 aliphatic rings. The van der Waals surface area contributed by atoms with E-state index in [-0.39, 0.29) is 5.41 Å². The Morgan fingerprint density at radius 1 is 0.452 bits per heavy atom. The van der Waals surface area contributed by atoms with Gasteiger partial charge >= 0.3 is 0 Å². The normalized spacial score (nSPS) is 13.1. The minimum absolute atomic E-state index is 0.211. The molecule has 0 N–H and O–H groups in total. The van der Waals surface area contributed by atoms with E-state index in [1.165, 1.54) is 75.3 Å². The molecule has 0 spiro atoms. The molecule has 0 amide bonds. The second-order valence-electron chi connectivity index (χ2n) is 16.8. The zero-order chi connectivity index (χ0) is 41.1. The van der Waals surface area contributed by atoms with E-state index in [1.807, 2.05) is 47.7 Å². The van der Waals surface area contributed by atoms with Gasteiger partial charge in [-0.2, -0.15) is 0 Å². The van der Waals surface area contributed by atoms with Crippen molar-refractivity contribution in [2.24, 2.45) is 0 Å². The number of para-hydroxylation sites is 1. The van der Waals surface area contributed by atoms with Gasteiger partial charge in [0.1, 0.15) is 0 Å². The van der Waals surface area contributed by atoms with Crippen molar-refractivity contribution in [2.45, 2.75) is 19.3 Å². The van der Waals surface area contributed by atoms with Gasteiger partial charge in [0.25, 0.3) is 0 Å². The van der Waals surface area contributed by atoms with E-state index in [2.05, 4.69) is 175 Å². The maximum absolute atomic E-state index is 5.12. The lowest BCUT2D eigenvalue weighted by Crippen LogP contribution is -2.26. The third-order valence-corrected chi connectivity index (χ3v) is 14.2. The number of benzene rings is 8. The Morgan fingerprint density at radius 3 is 1.90 bits per heavy atom. The molecule has 62 heavy (non-hydrogen) atoms. The fraction of sp³-hybridized carbons (Fsp3) is 0.0536. The summed E-state index contributed by atoms with van der Waals surface area (Å²) in [5.74, 6) is 1.92. The van der Waals surface area contributed by atoms with Crippen molar-refractivity contribution in [1.29, 1.82) is 0 Å². The molecule has 1 aliphatic heterocycles. The van der Waals surface area contributed by atoms with Crippen molar-refractivity contribution < 1.29 is 0 Å². The molecule has 8 aromatic carbocycles. The number of fused-ring (bicyclic) bond motifs is 9. The number of aromatic nitrogens is 5. The lowest BCUT2D eigenvalue weighted by Gasteiger charge is -2.34. The minimum atomic E-state index is -0.211. The summed E-state index contributed by atoms with van der Waals surface area (Å²) in [5.41, 5.74) is 13.6. The molecule has 292 valence electrons. The summed E-state index contributed by atoms with van der Waals surface area (Å²) in [6, 6.07) is 65.3. The van der Waals surface area contributed by atoms with Crippen LogP contribution >= 0.6 is 11.3 Å². The van der Waals surface area contributed by atoms with Crippen LogP contribution in [0.3, 0.4) is 0 Å². The van der Waals surface area contributed by atoms with Gasteiger partial charge in [0.15, 0.2) is 17.5 Å². The maximum atomic E-state index is 5.12. The van der Waals surface area contributed by atoms with Gasteiger partial charge in [-0.1, -0.05) is 147 Å². The highest BCUT2D eigenvalue weighted by atomic mass is 32.1. The predicted molar refractivity (Wildman–Crippen MR) is 258 cm³/mol. The van der Waals surface area contributed by atoms with Gasteiger partial charge in [0.05, 0.1) is 16.6 Å². The third-order valence-electron chi connectivity index (χ3n) is 13.0. The monoisotopic (exact) mass is 811 g/mol. The van der Waals surface area contributed by atoms with Crippen LogP contribution in [0.15, 0.2) is 188 Å². The van der Waals surface area contributed by atoms with Crippen LogP contribution in [0, 0.1) is 0 Å². The van der Waals surface area contributed by atoms with Crippen LogP contribution in [0.25, 0.3) is 110 Å². The number of nitrogens with zero attached hydrogens (tertiary/aromatic N) is 5. The van der Waals surface area contributed by atoms with Gasteiger partial charge in [-0.05, 0) is 70.8 Å². The van der Waals surface area contributed by atoms with Crippen LogP contribution in [-0.2, 0) is 5.41 Å². The van der Waals surface area contributed by atoms with Gasteiger partial charge in [-0.15, -0.1) is 11.3 Å². The summed E-state index contributed by atoms with van der Waals surface area (Å²) in [5, 5.41) is 6.30. The van der Waals surface area contributed by atoms with E-state index in [4.69, 9.17) is 15.0 Å². The summed E-state index contributed by atoms with van der Waals surface area (Å²) in [6.45, 7) is 4.75. The molecule has 4 aromatic heterocycles. The first-order chi connectivity index (χ1) is 30.5. The van der Waals surface area contributed by atoms with E-state index < -0.39 is 0 Å². The van der Waals surface area contributed by atoms with Crippen LogP contribution in [0.5, 0.6) is 0 Å². The zero-order valence-electron chi connectivity index (χ0n) is 34.0. The molecule has 0 unspecified atom stereocenters. The Kier molecular flexibility index (Phi) is 7.46. The molecule has 5 nitrogen and oxygen atoms in total. The largest absolute Gasteiger partial charge is 0.316 e. The quantitative estimate of drug-likeness (QED) is 0.174. The molecule has 0 saturated heterocycles. The van der Waals surface area contributed by atoms with E-state index in [0.29, 0.717) is 17.5 Å². The smallest absolute Gasteiger partial charge is 0.164 e. The lowest BCUT2D eigenvalue weighted by atomic mass is 9.74. The molecule has 0 atom stereocenters. The molecule has 6 heteroatoms. The molecule has 13 rings (SSSR count). The summed E-state index contributed by atoms with van der Waals surface area (Å²) in [7, 11) is 0. The summed E-state index contributed by atoms with van der Waals surface area (Å²) < 4.78 is 7.49. The fourth-order valence-electron chi connectivity index (χ4n) is 10.0. The molecule has 0 saturated carbocycles. The first-order valence-electron chi connectivity index (χ1n) is 21.1. The average molecular weight is 812 g/mol. The number of hydrogen-bond donors (Lipinski definition) is 0. The SMILES string of the molecule is CC1(C)c2ccccc2-n2ccc3c2c1cc1c2cc(-c4cccc5c4sc4ccccc45)ccc2n(-c2cccc(-c4nc(-c5ccccc5)nc(-c5ccccc5)n4)c2)c13. The van der Waals surface area contributed by atoms with Crippen molar-refractivity contribution >= 4 is 64.2 Å². The van der Waals surface area contributed by atoms with Gasteiger partial charge in [0.2, 0.25) is 0 Å². The summed E-state index contributed by atoms with van der Waals surface area (Å²) in [6.07, 6.45) is 2.26. The Morgan fingerprint density at radius 2 is 1.11 bits per heavy atom. The van der Waals surface area contributed by atoms with Gasteiger partial charge in [-0.25, -0.2) is 15.0 Å². The molecule has 0 fully saturated rings. The first kappa shape index (κ1) is 35.1. The molecule has 0 radical (unpaired) electrons. The number of hydrogen-bond acceptors (Lipinski definition) is 4. The fourth-order valence-corrected chi connectivity index (χ4v) is 11.2. The highest BCUT2D eigenvalue weighted by molar-refractivity contribution is 7.26. The van der Waals surface area contributed by atoms with Crippen LogP contribution in [-0.4, -0.2) is 24.1 Å². The first-order valence-corrected chi connectivity index (χ1v) is 21.9. The summed E-state index contributed by atoms with van der Waals surface area (Å²) in [4.78, 5) is 15.2. The van der Waals surface area contributed by atoms with Crippen LogP contribution < -0.4 is 0 Å². The van der Waals surface area contributed by atoms with Crippen molar-refractivity contribution in [1.82, 2.24) is 24.1 Å². The Labute approximate surface area is 361 Å². The topological polar surface area (TPSA) is 48.5 Å². The molecule has 0 aliphatic carbocycles. The highest BCUT2D eigenvalue weighted by Gasteiger charge is 2.35. The molecule has 5 heterocycles. The van der Waals surface area contributed by atoms with Gasteiger partial charge < -0.3 is 9.13 Å². The van der Waals surface area contributed by atoms with Crippen LogP contribution in [0.4, 0.5) is 0 Å². The molecular weight excluding hydrogens is 775 g/mol. The number of thiophene rings is 1.